The fraction of sp³-hybridized carbons (Fsp3) is 0.636. The van der Waals surface area contributed by atoms with Gasteiger partial charge in [-0.2, -0.15) is 13.2 Å². The first-order valence-electron chi connectivity index (χ1n) is 5.22. The van der Waals surface area contributed by atoms with Gasteiger partial charge < -0.3 is 4.57 Å². The molecule has 0 saturated heterocycles. The molecule has 0 spiro atoms. The Morgan fingerprint density at radius 3 is 2.87 bits per heavy atom. The maximum absolute atomic E-state index is 12.3. The summed E-state index contributed by atoms with van der Waals surface area (Å²) in [5.74, 6) is 0.406. The minimum absolute atomic E-state index is 0.406. The molecule has 0 bridgehead atoms. The van der Waals surface area contributed by atoms with E-state index in [1.165, 1.54) is 4.57 Å². The van der Waals surface area contributed by atoms with Crippen molar-refractivity contribution in [3.63, 3.8) is 0 Å². The lowest BCUT2D eigenvalue weighted by molar-refractivity contribution is -0.141. The minimum Gasteiger partial charge on any atom is -0.342 e. The zero-order valence-electron chi connectivity index (χ0n) is 8.64. The molecular formula is C11H14F3N. The lowest BCUT2D eigenvalue weighted by atomic mass is 9.88. The van der Waals surface area contributed by atoms with E-state index in [2.05, 4.69) is 6.92 Å². The van der Waals surface area contributed by atoms with Crippen LogP contribution in [0.15, 0.2) is 12.3 Å². The molecule has 0 N–H and O–H groups in total. The second-order valence-electron chi connectivity index (χ2n) is 4.25. The van der Waals surface area contributed by atoms with Crippen LogP contribution in [-0.2, 0) is 13.0 Å². The summed E-state index contributed by atoms with van der Waals surface area (Å²) in [6.07, 6.45) is 0.315. The van der Waals surface area contributed by atoms with Crippen molar-refractivity contribution < 1.29 is 13.2 Å². The highest BCUT2D eigenvalue weighted by molar-refractivity contribution is 5.28. The number of rotatable bonds is 1. The van der Waals surface area contributed by atoms with Gasteiger partial charge in [-0.15, -0.1) is 0 Å². The largest absolute Gasteiger partial charge is 0.406 e. The Bertz CT molecular complexity index is 351. The van der Waals surface area contributed by atoms with Crippen LogP contribution in [0.1, 0.15) is 36.9 Å². The van der Waals surface area contributed by atoms with Crippen molar-refractivity contribution in [3.8, 4) is 0 Å². The number of hydrogen-bond acceptors (Lipinski definition) is 0. The predicted molar refractivity (Wildman–Crippen MR) is 51.8 cm³/mol. The maximum atomic E-state index is 12.3. The van der Waals surface area contributed by atoms with Gasteiger partial charge in [0.05, 0.1) is 0 Å². The van der Waals surface area contributed by atoms with E-state index in [1.807, 2.05) is 6.07 Å². The molecule has 0 saturated carbocycles. The van der Waals surface area contributed by atoms with Gasteiger partial charge >= 0.3 is 6.18 Å². The second-order valence-corrected chi connectivity index (χ2v) is 4.25. The van der Waals surface area contributed by atoms with Gasteiger partial charge in [0.15, 0.2) is 0 Å². The fourth-order valence-corrected chi connectivity index (χ4v) is 2.33. The first kappa shape index (κ1) is 10.6. The highest BCUT2D eigenvalue weighted by Crippen LogP contribution is 2.33. The minimum atomic E-state index is -4.12. The van der Waals surface area contributed by atoms with E-state index in [0.29, 0.717) is 5.92 Å². The number of hydrogen-bond donors (Lipinski definition) is 0. The van der Waals surface area contributed by atoms with Crippen LogP contribution in [0.4, 0.5) is 13.2 Å². The summed E-state index contributed by atoms with van der Waals surface area (Å²) in [6.45, 7) is 1.23. The molecule has 0 aliphatic heterocycles. The van der Waals surface area contributed by atoms with Crippen LogP contribution in [0.5, 0.6) is 0 Å². The predicted octanol–water partition coefficient (Wildman–Crippen LogP) is 3.49. The smallest absolute Gasteiger partial charge is 0.342 e. The van der Waals surface area contributed by atoms with Gasteiger partial charge in [-0.1, -0.05) is 6.92 Å². The quantitative estimate of drug-likeness (QED) is 0.678. The van der Waals surface area contributed by atoms with E-state index in [0.717, 1.165) is 30.5 Å². The van der Waals surface area contributed by atoms with Gasteiger partial charge in [-0.3, -0.25) is 0 Å². The molecule has 0 amide bonds. The third-order valence-corrected chi connectivity index (χ3v) is 3.05. The van der Waals surface area contributed by atoms with Crippen molar-refractivity contribution in [2.75, 3.05) is 0 Å². The first-order chi connectivity index (χ1) is 6.97. The molecule has 15 heavy (non-hydrogen) atoms. The summed E-state index contributed by atoms with van der Waals surface area (Å²) in [7, 11) is 0. The Morgan fingerprint density at radius 1 is 1.47 bits per heavy atom. The van der Waals surface area contributed by atoms with E-state index in [-0.39, 0.29) is 0 Å². The molecule has 1 nitrogen and oxygen atoms in total. The Kier molecular flexibility index (Phi) is 2.52. The molecule has 1 aromatic rings. The van der Waals surface area contributed by atoms with E-state index < -0.39 is 12.7 Å². The van der Waals surface area contributed by atoms with Crippen LogP contribution in [-0.4, -0.2) is 10.7 Å². The third kappa shape index (κ3) is 2.19. The highest BCUT2D eigenvalue weighted by atomic mass is 19.4. The highest BCUT2D eigenvalue weighted by Gasteiger charge is 2.30. The normalized spacial score (nSPS) is 21.5. The van der Waals surface area contributed by atoms with Crippen molar-refractivity contribution in [1.29, 1.82) is 0 Å². The average Bonchev–Trinajstić information content (AvgIpc) is 2.48. The number of fused-ring (bicyclic) bond motifs is 1. The number of halogens is 3. The molecule has 0 radical (unpaired) electrons. The molecule has 0 aromatic carbocycles. The number of aromatic nitrogens is 1. The lowest BCUT2D eigenvalue weighted by Gasteiger charge is -2.21. The summed E-state index contributed by atoms with van der Waals surface area (Å²) < 4.78 is 38.1. The Labute approximate surface area is 86.9 Å². The summed E-state index contributed by atoms with van der Waals surface area (Å²) in [5, 5.41) is 0. The van der Waals surface area contributed by atoms with Crippen LogP contribution in [0.3, 0.4) is 0 Å². The van der Waals surface area contributed by atoms with E-state index in [9.17, 15) is 13.2 Å². The third-order valence-electron chi connectivity index (χ3n) is 3.05. The van der Waals surface area contributed by atoms with Crippen molar-refractivity contribution in [2.45, 2.75) is 44.8 Å². The lowest BCUT2D eigenvalue weighted by Crippen LogP contribution is -2.20. The van der Waals surface area contributed by atoms with Gasteiger partial charge in [0, 0.05) is 11.9 Å². The molecule has 1 unspecified atom stereocenters. The van der Waals surface area contributed by atoms with Crippen LogP contribution < -0.4 is 0 Å². The van der Waals surface area contributed by atoms with E-state index in [1.54, 1.807) is 6.20 Å². The summed E-state index contributed by atoms with van der Waals surface area (Å²) in [5.41, 5.74) is 1.98. The van der Waals surface area contributed by atoms with Crippen LogP contribution in [0, 0.1) is 0 Å². The van der Waals surface area contributed by atoms with Crippen LogP contribution in [0.2, 0.25) is 0 Å². The zero-order valence-corrected chi connectivity index (χ0v) is 8.64. The monoisotopic (exact) mass is 217 g/mol. The van der Waals surface area contributed by atoms with E-state index >= 15 is 0 Å². The molecule has 1 aliphatic rings. The zero-order chi connectivity index (χ0) is 11.1. The molecule has 4 heteroatoms. The van der Waals surface area contributed by atoms with Crippen molar-refractivity contribution in [3.05, 3.63) is 23.5 Å². The Balaban J connectivity index is 2.27. The SMILES string of the molecule is CC1CCCc2c1ccn2CC(F)(F)F. The van der Waals surface area contributed by atoms with Crippen LogP contribution >= 0.6 is 0 Å². The van der Waals surface area contributed by atoms with Crippen LogP contribution in [0.25, 0.3) is 0 Å². The summed E-state index contributed by atoms with van der Waals surface area (Å²) in [6, 6.07) is 1.84. The molecule has 1 aromatic heterocycles. The molecular weight excluding hydrogens is 203 g/mol. The van der Waals surface area contributed by atoms with Crippen molar-refractivity contribution >= 4 is 0 Å². The molecule has 2 rings (SSSR count). The Hall–Kier alpha value is -0.930. The summed E-state index contributed by atoms with van der Waals surface area (Å²) in [4.78, 5) is 0. The van der Waals surface area contributed by atoms with Gasteiger partial charge in [0.2, 0.25) is 0 Å². The molecule has 0 fully saturated rings. The maximum Gasteiger partial charge on any atom is 0.406 e. The molecule has 84 valence electrons. The standard InChI is InChI=1S/C11H14F3N/c1-8-3-2-4-10-9(8)5-6-15(10)7-11(12,13)14/h5-6,8H,2-4,7H2,1H3. The van der Waals surface area contributed by atoms with Gasteiger partial charge in [0.1, 0.15) is 6.54 Å². The van der Waals surface area contributed by atoms with Gasteiger partial charge in [0.25, 0.3) is 0 Å². The van der Waals surface area contributed by atoms with E-state index in [4.69, 9.17) is 0 Å². The van der Waals surface area contributed by atoms with Crippen molar-refractivity contribution in [2.24, 2.45) is 0 Å². The number of nitrogens with zero attached hydrogens (tertiary/aromatic N) is 1. The molecule has 1 aliphatic carbocycles. The molecule has 1 heterocycles. The van der Waals surface area contributed by atoms with Crippen molar-refractivity contribution in [1.82, 2.24) is 4.57 Å². The Morgan fingerprint density at radius 2 is 2.20 bits per heavy atom. The van der Waals surface area contributed by atoms with Gasteiger partial charge in [-0.05, 0) is 36.8 Å². The summed E-state index contributed by atoms with van der Waals surface area (Å²) >= 11 is 0. The molecule has 1 atom stereocenters. The number of alkyl halides is 3. The fourth-order valence-electron chi connectivity index (χ4n) is 2.33. The van der Waals surface area contributed by atoms with Gasteiger partial charge in [-0.25, -0.2) is 0 Å². The topological polar surface area (TPSA) is 4.93 Å². The second kappa shape index (κ2) is 3.58. The first-order valence-corrected chi connectivity index (χ1v) is 5.22. The average molecular weight is 217 g/mol.